The lowest BCUT2D eigenvalue weighted by Gasteiger charge is -2.35. The number of ether oxygens (including phenoxy) is 1. The number of nitrogens with zero attached hydrogens (tertiary/aromatic N) is 1. The van der Waals surface area contributed by atoms with Crippen LogP contribution in [0.5, 0.6) is 0 Å². The number of carbonyl (C=O) groups is 3. The number of unbranched alkanes of at least 4 members (excludes halogenated alkanes) is 7. The van der Waals surface area contributed by atoms with Gasteiger partial charge in [-0.25, -0.2) is 4.79 Å². The standard InChI is InChI=1S/C34H59N3O4/c1-9-12-14-15-16-18-24-37(32(39)29(25-26(4)5)36-33(40)41-34(6,7)8)30(31(38)35-23-17-13-10-2)28-21-19-27(11-3)20-22-28/h19-22,26,29-30H,9-18,23-25H2,1-8H3,(H,35,38)(H,36,40). The van der Waals surface area contributed by atoms with E-state index in [1.807, 2.05) is 38.1 Å². The van der Waals surface area contributed by atoms with Crippen LogP contribution in [0.25, 0.3) is 0 Å². The first-order valence-electron chi connectivity index (χ1n) is 16.1. The van der Waals surface area contributed by atoms with Crippen molar-refractivity contribution in [1.82, 2.24) is 15.5 Å². The highest BCUT2D eigenvalue weighted by Crippen LogP contribution is 2.26. The molecule has 0 aromatic heterocycles. The zero-order valence-electron chi connectivity index (χ0n) is 27.3. The molecule has 2 atom stereocenters. The summed E-state index contributed by atoms with van der Waals surface area (Å²) in [6.45, 7) is 16.9. The number of aryl methyl sites for hydroxylation is 1. The number of amides is 3. The van der Waals surface area contributed by atoms with Gasteiger partial charge in [-0.05, 0) is 63.5 Å². The molecule has 0 fully saturated rings. The third-order valence-electron chi connectivity index (χ3n) is 7.08. The van der Waals surface area contributed by atoms with Crippen LogP contribution in [-0.4, -0.2) is 47.5 Å². The Morgan fingerprint density at radius 1 is 0.854 bits per heavy atom. The van der Waals surface area contributed by atoms with Gasteiger partial charge in [0.15, 0.2) is 0 Å². The van der Waals surface area contributed by atoms with Crippen LogP contribution in [-0.2, 0) is 20.7 Å². The van der Waals surface area contributed by atoms with Gasteiger partial charge in [0.25, 0.3) is 0 Å². The summed E-state index contributed by atoms with van der Waals surface area (Å²) < 4.78 is 5.51. The predicted octanol–water partition coefficient (Wildman–Crippen LogP) is 7.73. The molecule has 0 aliphatic carbocycles. The molecule has 7 nitrogen and oxygen atoms in total. The lowest BCUT2D eigenvalue weighted by Crippen LogP contribution is -2.53. The second kappa shape index (κ2) is 19.5. The molecule has 0 aliphatic heterocycles. The van der Waals surface area contributed by atoms with Gasteiger partial charge in [-0.15, -0.1) is 0 Å². The first-order chi connectivity index (χ1) is 19.4. The Hall–Kier alpha value is -2.57. The average Bonchev–Trinajstić information content (AvgIpc) is 2.90. The van der Waals surface area contributed by atoms with E-state index in [1.54, 1.807) is 25.7 Å². The monoisotopic (exact) mass is 573 g/mol. The van der Waals surface area contributed by atoms with Crippen LogP contribution in [0.15, 0.2) is 24.3 Å². The first-order valence-corrected chi connectivity index (χ1v) is 16.1. The van der Waals surface area contributed by atoms with Gasteiger partial charge >= 0.3 is 6.09 Å². The zero-order valence-corrected chi connectivity index (χ0v) is 27.3. The van der Waals surface area contributed by atoms with Gasteiger partial charge in [0.2, 0.25) is 11.8 Å². The fraction of sp³-hybridized carbons (Fsp3) is 0.735. The Labute approximate surface area is 250 Å². The predicted molar refractivity (Wildman–Crippen MR) is 169 cm³/mol. The molecule has 0 aliphatic rings. The Bertz CT molecular complexity index is 892. The summed E-state index contributed by atoms with van der Waals surface area (Å²) in [5, 5.41) is 5.95. The Kier molecular flexibility index (Phi) is 17.4. The van der Waals surface area contributed by atoms with E-state index in [-0.39, 0.29) is 17.7 Å². The highest BCUT2D eigenvalue weighted by atomic mass is 16.6. The van der Waals surface area contributed by atoms with Crippen LogP contribution < -0.4 is 10.6 Å². The minimum absolute atomic E-state index is 0.153. The van der Waals surface area contributed by atoms with E-state index in [0.29, 0.717) is 19.5 Å². The van der Waals surface area contributed by atoms with E-state index in [0.717, 1.165) is 50.5 Å². The van der Waals surface area contributed by atoms with Crippen molar-refractivity contribution in [3.63, 3.8) is 0 Å². The molecule has 41 heavy (non-hydrogen) atoms. The Balaban J connectivity index is 3.42. The SMILES string of the molecule is CCCCCCCCN(C(=O)C(CC(C)C)NC(=O)OC(C)(C)C)C(C(=O)NCCCCC)c1ccc(CC)cc1. The van der Waals surface area contributed by atoms with Crippen LogP contribution in [0.2, 0.25) is 0 Å². The molecule has 0 spiro atoms. The quantitative estimate of drug-likeness (QED) is 0.166. The van der Waals surface area contributed by atoms with E-state index >= 15 is 0 Å². The molecule has 0 radical (unpaired) electrons. The van der Waals surface area contributed by atoms with Crippen molar-refractivity contribution < 1.29 is 19.1 Å². The highest BCUT2D eigenvalue weighted by molar-refractivity contribution is 5.92. The van der Waals surface area contributed by atoms with Crippen LogP contribution >= 0.6 is 0 Å². The zero-order chi connectivity index (χ0) is 30.8. The topological polar surface area (TPSA) is 87.7 Å². The molecule has 0 heterocycles. The van der Waals surface area contributed by atoms with Gasteiger partial charge < -0.3 is 20.3 Å². The third-order valence-corrected chi connectivity index (χ3v) is 7.08. The van der Waals surface area contributed by atoms with Crippen molar-refractivity contribution >= 4 is 17.9 Å². The van der Waals surface area contributed by atoms with Crippen molar-refractivity contribution in [1.29, 1.82) is 0 Å². The van der Waals surface area contributed by atoms with Gasteiger partial charge in [-0.3, -0.25) is 9.59 Å². The fourth-order valence-corrected chi connectivity index (χ4v) is 4.86. The number of hydrogen-bond acceptors (Lipinski definition) is 4. The number of hydrogen-bond donors (Lipinski definition) is 2. The molecule has 1 rings (SSSR count). The second-order valence-electron chi connectivity index (χ2n) is 12.6. The van der Waals surface area contributed by atoms with Gasteiger partial charge in [0.1, 0.15) is 17.7 Å². The number of carbonyl (C=O) groups excluding carboxylic acids is 3. The molecule has 2 unspecified atom stereocenters. The molecule has 1 aromatic rings. The summed E-state index contributed by atoms with van der Waals surface area (Å²) in [5.41, 5.74) is 1.28. The van der Waals surface area contributed by atoms with Crippen LogP contribution in [0.4, 0.5) is 4.79 Å². The van der Waals surface area contributed by atoms with Crippen LogP contribution in [0.1, 0.15) is 137 Å². The molecule has 0 saturated carbocycles. The molecular weight excluding hydrogens is 514 g/mol. The second-order valence-corrected chi connectivity index (χ2v) is 12.6. The van der Waals surface area contributed by atoms with E-state index in [1.165, 1.54) is 24.8 Å². The third kappa shape index (κ3) is 14.8. The molecular formula is C34H59N3O4. The molecule has 0 saturated heterocycles. The maximum absolute atomic E-state index is 14.3. The molecule has 3 amide bonds. The highest BCUT2D eigenvalue weighted by Gasteiger charge is 2.36. The van der Waals surface area contributed by atoms with Crippen molar-refractivity contribution in [3.8, 4) is 0 Å². The van der Waals surface area contributed by atoms with Crippen LogP contribution in [0, 0.1) is 5.92 Å². The summed E-state index contributed by atoms with van der Waals surface area (Å²) in [4.78, 5) is 42.7. The number of rotatable bonds is 19. The Morgan fingerprint density at radius 2 is 1.44 bits per heavy atom. The molecule has 1 aromatic carbocycles. The molecule has 234 valence electrons. The smallest absolute Gasteiger partial charge is 0.408 e. The summed E-state index contributed by atoms with van der Waals surface area (Å²) >= 11 is 0. The van der Waals surface area contributed by atoms with Crippen LogP contribution in [0.3, 0.4) is 0 Å². The average molecular weight is 574 g/mol. The van der Waals surface area contributed by atoms with Crippen molar-refractivity contribution in [2.75, 3.05) is 13.1 Å². The van der Waals surface area contributed by atoms with Crippen molar-refractivity contribution in [2.45, 2.75) is 144 Å². The van der Waals surface area contributed by atoms with Gasteiger partial charge in [0.05, 0.1) is 0 Å². The van der Waals surface area contributed by atoms with E-state index in [4.69, 9.17) is 4.74 Å². The van der Waals surface area contributed by atoms with E-state index in [9.17, 15) is 14.4 Å². The molecule has 7 heteroatoms. The minimum atomic E-state index is -0.796. The van der Waals surface area contributed by atoms with E-state index in [2.05, 4.69) is 31.4 Å². The maximum atomic E-state index is 14.3. The molecule has 0 bridgehead atoms. The lowest BCUT2D eigenvalue weighted by atomic mass is 9.97. The number of alkyl carbamates (subject to hydrolysis) is 1. The Morgan fingerprint density at radius 3 is 2.00 bits per heavy atom. The summed E-state index contributed by atoms with van der Waals surface area (Å²) in [6.07, 6.45) is 10.1. The van der Waals surface area contributed by atoms with Crippen molar-refractivity contribution in [2.24, 2.45) is 5.92 Å². The number of benzene rings is 1. The summed E-state index contributed by atoms with van der Waals surface area (Å²) in [6, 6.07) is 6.43. The van der Waals surface area contributed by atoms with Crippen molar-refractivity contribution in [3.05, 3.63) is 35.4 Å². The number of nitrogens with one attached hydrogen (secondary N) is 2. The largest absolute Gasteiger partial charge is 0.444 e. The summed E-state index contributed by atoms with van der Waals surface area (Å²) in [5.74, 6) is -0.267. The molecule has 2 N–H and O–H groups in total. The van der Waals surface area contributed by atoms with Gasteiger partial charge in [-0.2, -0.15) is 0 Å². The normalized spacial score (nSPS) is 13.0. The lowest BCUT2D eigenvalue weighted by molar-refractivity contribution is -0.143. The van der Waals surface area contributed by atoms with Gasteiger partial charge in [0, 0.05) is 13.1 Å². The maximum Gasteiger partial charge on any atom is 0.408 e. The minimum Gasteiger partial charge on any atom is -0.444 e. The summed E-state index contributed by atoms with van der Waals surface area (Å²) in [7, 11) is 0. The first kappa shape index (κ1) is 36.5. The van der Waals surface area contributed by atoms with E-state index < -0.39 is 23.8 Å². The van der Waals surface area contributed by atoms with Gasteiger partial charge in [-0.1, -0.05) is 104 Å². The fourth-order valence-electron chi connectivity index (χ4n) is 4.86.